The fourth-order valence-corrected chi connectivity index (χ4v) is 1.68. The maximum absolute atomic E-state index is 8.57. The van der Waals surface area contributed by atoms with E-state index in [0.29, 0.717) is 6.54 Å². The third kappa shape index (κ3) is 5.31. The molecule has 5 nitrogen and oxygen atoms in total. The first-order chi connectivity index (χ1) is 8.26. The van der Waals surface area contributed by atoms with Gasteiger partial charge < -0.3 is 10.9 Å². The van der Waals surface area contributed by atoms with Crippen LogP contribution < -0.4 is 5.73 Å². The molecule has 0 saturated heterocycles. The molecular weight excluding hydrogens is 216 g/mol. The van der Waals surface area contributed by atoms with Crippen LogP contribution in [0.15, 0.2) is 29.7 Å². The van der Waals surface area contributed by atoms with Crippen LogP contribution in [0.3, 0.4) is 0 Å². The van der Waals surface area contributed by atoms with Crippen LogP contribution >= 0.6 is 0 Å². The second kappa shape index (κ2) is 7.62. The zero-order valence-corrected chi connectivity index (χ0v) is 10.2. The van der Waals surface area contributed by atoms with Gasteiger partial charge in [-0.25, -0.2) is 0 Å². The van der Waals surface area contributed by atoms with Gasteiger partial charge in [-0.2, -0.15) is 0 Å². The van der Waals surface area contributed by atoms with Crippen LogP contribution in [0.1, 0.15) is 18.9 Å². The monoisotopic (exact) mass is 236 g/mol. The number of nitrogens with zero attached hydrogens (tertiary/aromatic N) is 3. The van der Waals surface area contributed by atoms with Crippen molar-refractivity contribution in [3.8, 4) is 0 Å². The third-order valence-corrected chi connectivity index (χ3v) is 2.52. The van der Waals surface area contributed by atoms with E-state index in [1.54, 1.807) is 12.4 Å². The summed E-state index contributed by atoms with van der Waals surface area (Å²) in [5.41, 5.74) is 6.77. The standard InChI is InChI=1S/C12H20N4O/c1-2-8-16(10-12(13)15-17)9-5-11-3-6-14-7-4-11/h3-4,6-7,17H,2,5,8-10H2,1H3,(H2,13,15). The summed E-state index contributed by atoms with van der Waals surface area (Å²) >= 11 is 0. The predicted octanol–water partition coefficient (Wildman–Crippen LogP) is 1.08. The lowest BCUT2D eigenvalue weighted by Crippen LogP contribution is -2.36. The summed E-state index contributed by atoms with van der Waals surface area (Å²) in [6, 6.07) is 4.02. The van der Waals surface area contributed by atoms with Gasteiger partial charge in [-0.1, -0.05) is 12.1 Å². The highest BCUT2D eigenvalue weighted by atomic mass is 16.4. The quantitative estimate of drug-likeness (QED) is 0.321. The Kier molecular flexibility index (Phi) is 6.03. The van der Waals surface area contributed by atoms with Crippen LogP contribution in [-0.4, -0.2) is 40.6 Å². The number of amidine groups is 1. The smallest absolute Gasteiger partial charge is 0.153 e. The lowest BCUT2D eigenvalue weighted by Gasteiger charge is -2.20. The Morgan fingerprint density at radius 2 is 2.12 bits per heavy atom. The van der Waals surface area contributed by atoms with E-state index in [-0.39, 0.29) is 5.84 Å². The van der Waals surface area contributed by atoms with Crippen LogP contribution in [0.5, 0.6) is 0 Å². The number of hydrogen-bond donors (Lipinski definition) is 2. The molecule has 0 radical (unpaired) electrons. The predicted molar refractivity (Wildman–Crippen MR) is 68.1 cm³/mol. The fourth-order valence-electron chi connectivity index (χ4n) is 1.68. The molecule has 0 aromatic carbocycles. The van der Waals surface area contributed by atoms with Gasteiger partial charge in [0, 0.05) is 18.9 Å². The average Bonchev–Trinajstić information content (AvgIpc) is 2.37. The molecule has 94 valence electrons. The molecule has 0 unspecified atom stereocenters. The van der Waals surface area contributed by atoms with E-state index in [0.717, 1.165) is 25.9 Å². The minimum atomic E-state index is 0.258. The third-order valence-electron chi connectivity index (χ3n) is 2.52. The zero-order chi connectivity index (χ0) is 12.5. The summed E-state index contributed by atoms with van der Waals surface area (Å²) in [5.74, 6) is 0.258. The van der Waals surface area contributed by atoms with Crippen molar-refractivity contribution in [3.63, 3.8) is 0 Å². The van der Waals surface area contributed by atoms with E-state index in [2.05, 4.69) is 22.0 Å². The Balaban J connectivity index is 2.44. The molecule has 0 bridgehead atoms. The Hall–Kier alpha value is -1.62. The first-order valence-corrected chi connectivity index (χ1v) is 5.84. The van der Waals surface area contributed by atoms with Gasteiger partial charge in [-0.15, -0.1) is 0 Å². The van der Waals surface area contributed by atoms with Crippen molar-refractivity contribution in [2.45, 2.75) is 19.8 Å². The number of pyridine rings is 1. The molecule has 1 aromatic rings. The lowest BCUT2D eigenvalue weighted by atomic mass is 10.2. The Morgan fingerprint density at radius 3 is 2.71 bits per heavy atom. The van der Waals surface area contributed by atoms with Gasteiger partial charge in [0.25, 0.3) is 0 Å². The van der Waals surface area contributed by atoms with Gasteiger partial charge in [0.15, 0.2) is 5.84 Å². The molecule has 1 heterocycles. The minimum Gasteiger partial charge on any atom is -0.409 e. The van der Waals surface area contributed by atoms with Crippen molar-refractivity contribution in [3.05, 3.63) is 30.1 Å². The number of aromatic nitrogens is 1. The number of hydrogen-bond acceptors (Lipinski definition) is 4. The Labute approximate surface area is 102 Å². The molecule has 0 aliphatic carbocycles. The number of rotatable bonds is 7. The summed E-state index contributed by atoms with van der Waals surface area (Å²) in [5, 5.41) is 11.6. The molecule has 1 rings (SSSR count). The molecule has 0 amide bonds. The highest BCUT2D eigenvalue weighted by Gasteiger charge is 2.06. The molecule has 5 heteroatoms. The molecule has 0 saturated carbocycles. The number of oxime groups is 1. The van der Waals surface area contributed by atoms with Crippen molar-refractivity contribution < 1.29 is 5.21 Å². The second-order valence-electron chi connectivity index (χ2n) is 3.97. The van der Waals surface area contributed by atoms with Gasteiger partial charge in [-0.05, 0) is 37.1 Å². The lowest BCUT2D eigenvalue weighted by molar-refractivity contribution is 0.293. The summed E-state index contributed by atoms with van der Waals surface area (Å²) in [6.45, 7) is 4.47. The summed E-state index contributed by atoms with van der Waals surface area (Å²) in [6.07, 6.45) is 5.59. The van der Waals surface area contributed by atoms with Gasteiger partial charge in [0.1, 0.15) is 0 Å². The van der Waals surface area contributed by atoms with Crippen molar-refractivity contribution in [1.29, 1.82) is 0 Å². The second-order valence-corrected chi connectivity index (χ2v) is 3.97. The molecule has 17 heavy (non-hydrogen) atoms. The van der Waals surface area contributed by atoms with Crippen LogP contribution in [0, 0.1) is 0 Å². The summed E-state index contributed by atoms with van der Waals surface area (Å²) < 4.78 is 0. The first kappa shape index (κ1) is 13.4. The van der Waals surface area contributed by atoms with Crippen LogP contribution in [0.2, 0.25) is 0 Å². The van der Waals surface area contributed by atoms with E-state index in [4.69, 9.17) is 10.9 Å². The van der Waals surface area contributed by atoms with Crippen LogP contribution in [-0.2, 0) is 6.42 Å². The van der Waals surface area contributed by atoms with Gasteiger partial charge in [0.05, 0.1) is 6.54 Å². The maximum Gasteiger partial charge on any atom is 0.153 e. The van der Waals surface area contributed by atoms with Crippen molar-refractivity contribution in [2.24, 2.45) is 10.9 Å². The largest absolute Gasteiger partial charge is 0.409 e. The minimum absolute atomic E-state index is 0.258. The van der Waals surface area contributed by atoms with Gasteiger partial charge in [0.2, 0.25) is 0 Å². The van der Waals surface area contributed by atoms with Gasteiger partial charge >= 0.3 is 0 Å². The molecular formula is C12H20N4O. The molecule has 0 fully saturated rings. The highest BCUT2D eigenvalue weighted by Crippen LogP contribution is 2.00. The summed E-state index contributed by atoms with van der Waals surface area (Å²) in [4.78, 5) is 6.16. The maximum atomic E-state index is 8.57. The van der Waals surface area contributed by atoms with E-state index >= 15 is 0 Å². The Morgan fingerprint density at radius 1 is 1.41 bits per heavy atom. The van der Waals surface area contributed by atoms with Gasteiger partial charge in [-0.3, -0.25) is 9.88 Å². The molecule has 0 aliphatic rings. The topological polar surface area (TPSA) is 74.7 Å². The fraction of sp³-hybridized carbons (Fsp3) is 0.500. The van der Waals surface area contributed by atoms with E-state index < -0.39 is 0 Å². The Bertz CT molecular complexity index is 340. The SMILES string of the molecule is CCCN(CCc1ccncc1)C/C(N)=N/O. The molecule has 0 spiro atoms. The van der Waals surface area contributed by atoms with E-state index in [1.807, 2.05) is 12.1 Å². The van der Waals surface area contributed by atoms with Crippen molar-refractivity contribution in [2.75, 3.05) is 19.6 Å². The molecule has 0 aliphatic heterocycles. The van der Waals surface area contributed by atoms with Crippen molar-refractivity contribution >= 4 is 5.84 Å². The molecule has 1 aromatic heterocycles. The van der Waals surface area contributed by atoms with E-state index in [1.165, 1.54) is 5.56 Å². The highest BCUT2D eigenvalue weighted by molar-refractivity contribution is 5.81. The van der Waals surface area contributed by atoms with Crippen LogP contribution in [0.4, 0.5) is 0 Å². The van der Waals surface area contributed by atoms with E-state index in [9.17, 15) is 0 Å². The zero-order valence-electron chi connectivity index (χ0n) is 10.2. The molecule has 3 N–H and O–H groups in total. The first-order valence-electron chi connectivity index (χ1n) is 5.84. The van der Waals surface area contributed by atoms with Crippen molar-refractivity contribution in [1.82, 2.24) is 9.88 Å². The normalized spacial score (nSPS) is 12.0. The average molecular weight is 236 g/mol. The number of nitrogens with two attached hydrogens (primary N) is 1. The van der Waals surface area contributed by atoms with Crippen LogP contribution in [0.25, 0.3) is 0 Å². The molecule has 0 atom stereocenters. The summed E-state index contributed by atoms with van der Waals surface area (Å²) in [7, 11) is 0.